The maximum atomic E-state index is 10.1. The molecule has 1 aliphatic carbocycles. The summed E-state index contributed by atoms with van der Waals surface area (Å²) in [4.78, 5) is 2.53. The van der Waals surface area contributed by atoms with Crippen LogP contribution in [0.15, 0.2) is 30.3 Å². The topological polar surface area (TPSA) is 23.5 Å². The van der Waals surface area contributed by atoms with Gasteiger partial charge in [-0.15, -0.1) is 0 Å². The molecular weight excluding hydrogens is 222 g/mol. The molecule has 98 valence electrons. The van der Waals surface area contributed by atoms with E-state index in [-0.39, 0.29) is 6.10 Å². The molecule has 2 aliphatic rings. The van der Waals surface area contributed by atoms with Crippen LogP contribution >= 0.6 is 0 Å². The summed E-state index contributed by atoms with van der Waals surface area (Å²) in [6.07, 6.45) is 5.82. The van der Waals surface area contributed by atoms with E-state index in [1.807, 2.05) is 0 Å². The van der Waals surface area contributed by atoms with Crippen LogP contribution < -0.4 is 0 Å². The molecule has 2 nitrogen and oxygen atoms in total. The van der Waals surface area contributed by atoms with Crippen molar-refractivity contribution in [3.8, 4) is 0 Å². The lowest BCUT2D eigenvalue weighted by Gasteiger charge is -2.35. The quantitative estimate of drug-likeness (QED) is 0.866. The van der Waals surface area contributed by atoms with Crippen LogP contribution in [-0.2, 0) is 0 Å². The molecule has 0 aromatic heterocycles. The summed E-state index contributed by atoms with van der Waals surface area (Å²) in [5.74, 6) is 0.667. The minimum absolute atomic E-state index is 0.0896. The summed E-state index contributed by atoms with van der Waals surface area (Å²) >= 11 is 0. The smallest absolute Gasteiger partial charge is 0.0695 e. The number of nitrogens with zero attached hydrogens (tertiary/aromatic N) is 1. The second-order valence-electron chi connectivity index (χ2n) is 5.81. The molecule has 1 saturated carbocycles. The SMILES string of the molecule is O[C@H]1CCCC[C@@H]1N1CCC(c2ccccc2)C1. The molecule has 3 atom stereocenters. The molecule has 2 heteroatoms. The van der Waals surface area contributed by atoms with E-state index in [1.165, 1.54) is 31.2 Å². The molecule has 0 amide bonds. The predicted octanol–water partition coefficient (Wildman–Crippen LogP) is 2.78. The summed E-state index contributed by atoms with van der Waals surface area (Å²) in [6.45, 7) is 2.28. The Morgan fingerprint density at radius 1 is 1.00 bits per heavy atom. The lowest BCUT2D eigenvalue weighted by atomic mass is 9.91. The number of aliphatic hydroxyl groups excluding tert-OH is 1. The highest BCUT2D eigenvalue weighted by atomic mass is 16.3. The van der Waals surface area contributed by atoms with Crippen LogP contribution in [0.25, 0.3) is 0 Å². The number of hydrogen-bond donors (Lipinski definition) is 1. The first-order valence-corrected chi connectivity index (χ1v) is 7.31. The molecule has 0 radical (unpaired) electrons. The average molecular weight is 245 g/mol. The summed E-state index contributed by atoms with van der Waals surface area (Å²) in [5.41, 5.74) is 1.46. The molecular formula is C16H23NO. The van der Waals surface area contributed by atoms with Gasteiger partial charge >= 0.3 is 0 Å². The Morgan fingerprint density at radius 3 is 2.56 bits per heavy atom. The molecule has 2 fully saturated rings. The van der Waals surface area contributed by atoms with E-state index in [1.54, 1.807) is 0 Å². The van der Waals surface area contributed by atoms with Crippen molar-refractivity contribution >= 4 is 0 Å². The number of aliphatic hydroxyl groups is 1. The van der Waals surface area contributed by atoms with Gasteiger partial charge in [0.25, 0.3) is 0 Å². The van der Waals surface area contributed by atoms with Crippen molar-refractivity contribution in [2.75, 3.05) is 13.1 Å². The second kappa shape index (κ2) is 5.41. The van der Waals surface area contributed by atoms with Crippen molar-refractivity contribution in [3.63, 3.8) is 0 Å². The van der Waals surface area contributed by atoms with Crippen molar-refractivity contribution in [2.45, 2.75) is 50.2 Å². The van der Waals surface area contributed by atoms with E-state index in [2.05, 4.69) is 35.2 Å². The minimum atomic E-state index is -0.0896. The first kappa shape index (κ1) is 12.2. The van der Waals surface area contributed by atoms with Gasteiger partial charge in [-0.2, -0.15) is 0 Å². The predicted molar refractivity (Wildman–Crippen MR) is 73.6 cm³/mol. The van der Waals surface area contributed by atoms with Gasteiger partial charge in [-0.05, 0) is 37.3 Å². The van der Waals surface area contributed by atoms with E-state index in [0.29, 0.717) is 12.0 Å². The van der Waals surface area contributed by atoms with Crippen LogP contribution in [-0.4, -0.2) is 35.2 Å². The van der Waals surface area contributed by atoms with Gasteiger partial charge in [-0.1, -0.05) is 43.2 Å². The standard InChI is InChI=1S/C16H23NO/c18-16-9-5-4-8-15(16)17-11-10-14(12-17)13-6-2-1-3-7-13/h1-3,6-7,14-16,18H,4-5,8-12H2/t14?,15-,16-/m0/s1. The largest absolute Gasteiger partial charge is 0.391 e. The van der Waals surface area contributed by atoms with Gasteiger partial charge in [0.05, 0.1) is 6.10 Å². The van der Waals surface area contributed by atoms with Gasteiger partial charge in [-0.25, -0.2) is 0 Å². The van der Waals surface area contributed by atoms with E-state index in [9.17, 15) is 5.11 Å². The molecule has 3 rings (SSSR count). The zero-order chi connectivity index (χ0) is 12.4. The monoisotopic (exact) mass is 245 g/mol. The Morgan fingerprint density at radius 2 is 1.78 bits per heavy atom. The van der Waals surface area contributed by atoms with E-state index in [0.717, 1.165) is 19.5 Å². The first-order valence-electron chi connectivity index (χ1n) is 7.31. The Hall–Kier alpha value is -0.860. The Labute approximate surface area is 110 Å². The fourth-order valence-electron chi connectivity index (χ4n) is 3.60. The van der Waals surface area contributed by atoms with Crippen molar-refractivity contribution in [1.29, 1.82) is 0 Å². The Kier molecular flexibility index (Phi) is 3.67. The number of likely N-dealkylation sites (tertiary alicyclic amines) is 1. The maximum absolute atomic E-state index is 10.1. The third-order valence-corrected chi connectivity index (χ3v) is 4.65. The van der Waals surface area contributed by atoms with Crippen molar-refractivity contribution in [1.82, 2.24) is 4.90 Å². The molecule has 0 spiro atoms. The Balaban J connectivity index is 1.64. The zero-order valence-electron chi connectivity index (χ0n) is 11.0. The number of benzene rings is 1. The molecule has 1 heterocycles. The fraction of sp³-hybridized carbons (Fsp3) is 0.625. The van der Waals surface area contributed by atoms with Crippen molar-refractivity contribution in [3.05, 3.63) is 35.9 Å². The van der Waals surface area contributed by atoms with E-state index >= 15 is 0 Å². The molecule has 1 unspecified atom stereocenters. The highest BCUT2D eigenvalue weighted by Crippen LogP contribution is 2.32. The molecule has 1 aliphatic heterocycles. The second-order valence-corrected chi connectivity index (χ2v) is 5.81. The zero-order valence-corrected chi connectivity index (χ0v) is 11.0. The highest BCUT2D eigenvalue weighted by molar-refractivity contribution is 5.21. The van der Waals surface area contributed by atoms with Gasteiger partial charge in [0.1, 0.15) is 0 Å². The van der Waals surface area contributed by atoms with Gasteiger partial charge in [0.15, 0.2) is 0 Å². The van der Waals surface area contributed by atoms with Crippen LogP contribution in [0.5, 0.6) is 0 Å². The summed E-state index contributed by atoms with van der Waals surface area (Å²) in [7, 11) is 0. The lowest BCUT2D eigenvalue weighted by molar-refractivity contribution is 0.0305. The van der Waals surface area contributed by atoms with Crippen LogP contribution in [0.2, 0.25) is 0 Å². The van der Waals surface area contributed by atoms with Crippen LogP contribution in [0.1, 0.15) is 43.6 Å². The number of hydrogen-bond acceptors (Lipinski definition) is 2. The highest BCUT2D eigenvalue weighted by Gasteiger charge is 2.33. The normalized spacial score (nSPS) is 33.7. The fourth-order valence-corrected chi connectivity index (χ4v) is 3.60. The third kappa shape index (κ3) is 2.45. The van der Waals surface area contributed by atoms with Crippen molar-refractivity contribution in [2.24, 2.45) is 0 Å². The molecule has 0 bridgehead atoms. The van der Waals surface area contributed by atoms with Crippen LogP contribution in [0.4, 0.5) is 0 Å². The summed E-state index contributed by atoms with van der Waals surface area (Å²) < 4.78 is 0. The van der Waals surface area contributed by atoms with E-state index in [4.69, 9.17) is 0 Å². The molecule has 1 saturated heterocycles. The average Bonchev–Trinajstić information content (AvgIpc) is 2.90. The van der Waals surface area contributed by atoms with Crippen molar-refractivity contribution < 1.29 is 5.11 Å². The Bertz CT molecular complexity index is 378. The van der Waals surface area contributed by atoms with E-state index < -0.39 is 0 Å². The van der Waals surface area contributed by atoms with Gasteiger partial charge in [0, 0.05) is 12.6 Å². The van der Waals surface area contributed by atoms with Gasteiger partial charge < -0.3 is 5.11 Å². The van der Waals surface area contributed by atoms with Crippen LogP contribution in [0.3, 0.4) is 0 Å². The molecule has 1 aromatic carbocycles. The summed E-state index contributed by atoms with van der Waals surface area (Å²) in [6, 6.07) is 11.3. The molecule has 18 heavy (non-hydrogen) atoms. The minimum Gasteiger partial charge on any atom is -0.391 e. The summed E-state index contributed by atoms with van der Waals surface area (Å²) in [5, 5.41) is 10.1. The first-order chi connectivity index (χ1) is 8.84. The van der Waals surface area contributed by atoms with Gasteiger partial charge in [0.2, 0.25) is 0 Å². The van der Waals surface area contributed by atoms with Gasteiger partial charge in [-0.3, -0.25) is 4.90 Å². The third-order valence-electron chi connectivity index (χ3n) is 4.65. The molecule has 1 N–H and O–H groups in total. The maximum Gasteiger partial charge on any atom is 0.0695 e. The molecule has 1 aromatic rings. The number of rotatable bonds is 2. The van der Waals surface area contributed by atoms with Crippen LogP contribution in [0, 0.1) is 0 Å². The lowest BCUT2D eigenvalue weighted by Crippen LogP contribution is -2.44.